The molecule has 0 aliphatic carbocycles. The van der Waals surface area contributed by atoms with Crippen LogP contribution in [0.25, 0.3) is 11.3 Å². The number of aromatic nitrogens is 1. The SMILES string of the molecule is Cc1onc(-c2ccccc2Cl)c1C(=O)N1CCC[C@]2(CNC(=O)O2)C1. The number of amides is 2. The third-order valence-corrected chi connectivity index (χ3v) is 5.23. The first kappa shape index (κ1) is 16.9. The van der Waals surface area contributed by atoms with Gasteiger partial charge in [-0.1, -0.05) is 35.0 Å². The fraction of sp³-hybridized carbons (Fsp3) is 0.389. The number of carbonyl (C=O) groups is 2. The lowest BCUT2D eigenvalue weighted by Crippen LogP contribution is -2.52. The van der Waals surface area contributed by atoms with Crippen LogP contribution in [-0.4, -0.2) is 47.3 Å². The van der Waals surface area contributed by atoms with E-state index in [0.717, 1.165) is 12.8 Å². The largest absolute Gasteiger partial charge is 0.439 e. The average molecular weight is 376 g/mol. The van der Waals surface area contributed by atoms with Crippen molar-refractivity contribution in [2.75, 3.05) is 19.6 Å². The minimum Gasteiger partial charge on any atom is -0.439 e. The van der Waals surface area contributed by atoms with Crippen molar-refractivity contribution in [3.05, 3.63) is 40.6 Å². The summed E-state index contributed by atoms with van der Waals surface area (Å²) in [6.07, 6.45) is 1.05. The normalized spacial score (nSPS) is 22.4. The molecule has 0 unspecified atom stereocenters. The molecular weight excluding hydrogens is 358 g/mol. The smallest absolute Gasteiger partial charge is 0.407 e. The summed E-state index contributed by atoms with van der Waals surface area (Å²) in [6.45, 7) is 3.05. The summed E-state index contributed by atoms with van der Waals surface area (Å²) in [4.78, 5) is 26.4. The van der Waals surface area contributed by atoms with E-state index in [1.54, 1.807) is 24.0 Å². The van der Waals surface area contributed by atoms with Gasteiger partial charge in [-0.3, -0.25) is 4.79 Å². The quantitative estimate of drug-likeness (QED) is 0.872. The van der Waals surface area contributed by atoms with Crippen molar-refractivity contribution in [3.63, 3.8) is 0 Å². The molecule has 8 heteroatoms. The molecule has 2 saturated heterocycles. The molecule has 1 aromatic carbocycles. The van der Waals surface area contributed by atoms with Crippen molar-refractivity contribution < 1.29 is 18.8 Å². The zero-order valence-corrected chi connectivity index (χ0v) is 15.0. The first-order valence-electron chi connectivity index (χ1n) is 8.46. The van der Waals surface area contributed by atoms with Gasteiger partial charge in [-0.25, -0.2) is 4.79 Å². The van der Waals surface area contributed by atoms with Crippen LogP contribution in [-0.2, 0) is 4.74 Å². The third kappa shape index (κ3) is 2.82. The van der Waals surface area contributed by atoms with Gasteiger partial charge in [-0.15, -0.1) is 0 Å². The van der Waals surface area contributed by atoms with Crippen molar-refractivity contribution in [2.45, 2.75) is 25.4 Å². The number of alkyl carbamates (subject to hydrolysis) is 1. The monoisotopic (exact) mass is 375 g/mol. The van der Waals surface area contributed by atoms with Gasteiger partial charge in [0.1, 0.15) is 22.6 Å². The van der Waals surface area contributed by atoms with Gasteiger partial charge in [0.25, 0.3) is 5.91 Å². The maximum absolute atomic E-state index is 13.2. The Morgan fingerprint density at radius 2 is 2.19 bits per heavy atom. The standard InChI is InChI=1S/C18H18ClN3O4/c1-11-14(15(21-26-11)12-5-2-3-6-13(12)19)16(23)22-8-4-7-18(10-22)9-20-17(24)25-18/h2-3,5-6H,4,7-10H2,1H3,(H,20,24)/t18-/m0/s1. The second kappa shape index (κ2) is 6.32. The highest BCUT2D eigenvalue weighted by molar-refractivity contribution is 6.33. The molecule has 26 heavy (non-hydrogen) atoms. The number of ether oxygens (including phenoxy) is 1. The molecule has 7 nitrogen and oxygen atoms in total. The van der Waals surface area contributed by atoms with E-state index in [-0.39, 0.29) is 5.91 Å². The maximum Gasteiger partial charge on any atom is 0.407 e. The zero-order valence-electron chi connectivity index (χ0n) is 14.3. The summed E-state index contributed by atoms with van der Waals surface area (Å²) >= 11 is 6.27. The molecule has 2 fully saturated rings. The second-order valence-electron chi connectivity index (χ2n) is 6.70. The van der Waals surface area contributed by atoms with Crippen LogP contribution in [0.4, 0.5) is 4.79 Å². The number of rotatable bonds is 2. The van der Waals surface area contributed by atoms with E-state index in [0.29, 0.717) is 47.2 Å². The highest BCUT2D eigenvalue weighted by Crippen LogP contribution is 2.34. The Kier molecular flexibility index (Phi) is 4.11. The van der Waals surface area contributed by atoms with Crippen molar-refractivity contribution >= 4 is 23.6 Å². The van der Waals surface area contributed by atoms with E-state index in [4.69, 9.17) is 20.9 Å². The topological polar surface area (TPSA) is 84.7 Å². The molecule has 136 valence electrons. The molecule has 2 aliphatic rings. The van der Waals surface area contributed by atoms with Crippen LogP contribution in [0.15, 0.2) is 28.8 Å². The summed E-state index contributed by atoms with van der Waals surface area (Å²) in [5.41, 5.74) is 0.822. The molecule has 2 amide bonds. The fourth-order valence-electron chi connectivity index (χ4n) is 3.62. The fourth-order valence-corrected chi connectivity index (χ4v) is 3.85. The Balaban J connectivity index is 1.66. The number of benzene rings is 1. The van der Waals surface area contributed by atoms with Gasteiger partial charge in [-0.05, 0) is 25.8 Å². The van der Waals surface area contributed by atoms with E-state index in [1.807, 2.05) is 12.1 Å². The van der Waals surface area contributed by atoms with Gasteiger partial charge in [0, 0.05) is 12.1 Å². The molecule has 3 heterocycles. The summed E-state index contributed by atoms with van der Waals surface area (Å²) < 4.78 is 10.7. The Morgan fingerprint density at radius 1 is 1.38 bits per heavy atom. The number of likely N-dealkylation sites (tertiary alicyclic amines) is 1. The van der Waals surface area contributed by atoms with E-state index in [2.05, 4.69) is 10.5 Å². The number of carbonyl (C=O) groups excluding carboxylic acids is 2. The Morgan fingerprint density at radius 3 is 2.92 bits per heavy atom. The zero-order chi connectivity index (χ0) is 18.3. The van der Waals surface area contributed by atoms with Gasteiger partial charge in [0.2, 0.25) is 0 Å². The maximum atomic E-state index is 13.2. The number of nitrogens with zero attached hydrogens (tertiary/aromatic N) is 2. The summed E-state index contributed by atoms with van der Waals surface area (Å²) in [6, 6.07) is 7.20. The van der Waals surface area contributed by atoms with Gasteiger partial charge in [0.15, 0.2) is 0 Å². The van der Waals surface area contributed by atoms with Crippen LogP contribution in [0, 0.1) is 6.92 Å². The van der Waals surface area contributed by atoms with Crippen molar-refractivity contribution in [2.24, 2.45) is 0 Å². The molecule has 0 bridgehead atoms. The summed E-state index contributed by atoms with van der Waals surface area (Å²) in [5, 5.41) is 7.24. The van der Waals surface area contributed by atoms with Crippen molar-refractivity contribution in [1.82, 2.24) is 15.4 Å². The van der Waals surface area contributed by atoms with Crippen LogP contribution in [0.1, 0.15) is 29.0 Å². The Labute approximate surface area is 155 Å². The molecule has 4 rings (SSSR count). The lowest BCUT2D eigenvalue weighted by Gasteiger charge is -2.38. The molecule has 0 saturated carbocycles. The number of aryl methyl sites for hydroxylation is 1. The molecule has 1 atom stereocenters. The highest BCUT2D eigenvalue weighted by atomic mass is 35.5. The number of halogens is 1. The molecule has 1 spiro atoms. The van der Waals surface area contributed by atoms with Gasteiger partial charge in [-0.2, -0.15) is 0 Å². The highest BCUT2D eigenvalue weighted by Gasteiger charge is 2.45. The molecule has 2 aromatic rings. The Hall–Kier alpha value is -2.54. The molecular formula is C18H18ClN3O4. The molecule has 1 N–H and O–H groups in total. The number of piperidine rings is 1. The van der Waals surface area contributed by atoms with Gasteiger partial charge in [0.05, 0.1) is 18.1 Å². The second-order valence-corrected chi connectivity index (χ2v) is 7.11. The minimum absolute atomic E-state index is 0.194. The van der Waals surface area contributed by atoms with Gasteiger partial charge < -0.3 is 19.5 Å². The lowest BCUT2D eigenvalue weighted by atomic mass is 9.92. The van der Waals surface area contributed by atoms with E-state index in [9.17, 15) is 9.59 Å². The van der Waals surface area contributed by atoms with E-state index in [1.165, 1.54) is 0 Å². The summed E-state index contributed by atoms with van der Waals surface area (Å²) in [7, 11) is 0. The predicted molar refractivity (Wildman–Crippen MR) is 94.0 cm³/mol. The minimum atomic E-state index is -0.652. The number of nitrogens with one attached hydrogen (secondary N) is 1. The van der Waals surface area contributed by atoms with Crippen LogP contribution in [0.3, 0.4) is 0 Å². The molecule has 1 aromatic heterocycles. The number of hydrogen-bond donors (Lipinski definition) is 1. The molecule has 2 aliphatic heterocycles. The van der Waals surface area contributed by atoms with Crippen LogP contribution in [0.5, 0.6) is 0 Å². The number of hydrogen-bond acceptors (Lipinski definition) is 5. The lowest BCUT2D eigenvalue weighted by molar-refractivity contribution is -0.00508. The van der Waals surface area contributed by atoms with E-state index >= 15 is 0 Å². The average Bonchev–Trinajstić information content (AvgIpc) is 3.18. The van der Waals surface area contributed by atoms with E-state index < -0.39 is 11.7 Å². The summed E-state index contributed by atoms with van der Waals surface area (Å²) in [5.74, 6) is 0.242. The predicted octanol–water partition coefficient (Wildman–Crippen LogP) is 3.02. The van der Waals surface area contributed by atoms with Gasteiger partial charge >= 0.3 is 6.09 Å². The molecule has 0 radical (unpaired) electrons. The van der Waals surface area contributed by atoms with Crippen molar-refractivity contribution in [3.8, 4) is 11.3 Å². The first-order valence-corrected chi connectivity index (χ1v) is 8.84. The Bertz CT molecular complexity index is 881. The third-order valence-electron chi connectivity index (χ3n) is 4.90. The van der Waals surface area contributed by atoms with Crippen molar-refractivity contribution in [1.29, 1.82) is 0 Å². The van der Waals surface area contributed by atoms with Crippen LogP contribution >= 0.6 is 11.6 Å². The van der Waals surface area contributed by atoms with Crippen LogP contribution < -0.4 is 5.32 Å². The van der Waals surface area contributed by atoms with Crippen LogP contribution in [0.2, 0.25) is 5.02 Å². The first-order chi connectivity index (χ1) is 12.5.